The molecule has 1 heterocycles. The summed E-state index contributed by atoms with van der Waals surface area (Å²) in [4.78, 5) is 38.9. The standard InChI is InChI=1S/C21H30N2O5/c1-4-5-11-27-19(24)13-18-20(25)22-9-10-23(18)21(26)16-7-6-8-17(12-16)28-14-15(2)3/h6-8,12,15,18H,4-5,9-11,13-14H2,1-3H3,(H,22,25). The summed E-state index contributed by atoms with van der Waals surface area (Å²) in [5, 5.41) is 2.72. The lowest BCUT2D eigenvalue weighted by Crippen LogP contribution is -2.57. The summed E-state index contributed by atoms with van der Waals surface area (Å²) >= 11 is 0. The summed E-state index contributed by atoms with van der Waals surface area (Å²) in [5.74, 6) is -0.123. The van der Waals surface area contributed by atoms with Crippen molar-refractivity contribution in [3.63, 3.8) is 0 Å². The predicted octanol–water partition coefficient (Wildman–Crippen LogP) is 2.40. The number of hydrogen-bond acceptors (Lipinski definition) is 5. The minimum atomic E-state index is -0.865. The molecule has 0 bridgehead atoms. The molecule has 28 heavy (non-hydrogen) atoms. The average Bonchev–Trinajstić information content (AvgIpc) is 2.68. The zero-order chi connectivity index (χ0) is 20.5. The highest BCUT2D eigenvalue weighted by Crippen LogP contribution is 2.19. The Labute approximate surface area is 166 Å². The minimum Gasteiger partial charge on any atom is -0.493 e. The van der Waals surface area contributed by atoms with Gasteiger partial charge in [-0.3, -0.25) is 14.4 Å². The molecule has 1 fully saturated rings. The lowest BCUT2D eigenvalue weighted by atomic mass is 10.1. The van der Waals surface area contributed by atoms with Crippen molar-refractivity contribution in [2.45, 2.75) is 46.1 Å². The van der Waals surface area contributed by atoms with Gasteiger partial charge in [0.25, 0.3) is 5.91 Å². The summed E-state index contributed by atoms with van der Waals surface area (Å²) in [6, 6.07) is 6.04. The van der Waals surface area contributed by atoms with E-state index in [0.29, 0.717) is 43.5 Å². The van der Waals surface area contributed by atoms with Crippen molar-refractivity contribution in [1.82, 2.24) is 10.2 Å². The van der Waals surface area contributed by atoms with Crippen LogP contribution in [0.25, 0.3) is 0 Å². The second-order valence-corrected chi connectivity index (χ2v) is 7.32. The van der Waals surface area contributed by atoms with Crippen LogP contribution < -0.4 is 10.1 Å². The number of carbonyl (C=O) groups is 3. The highest BCUT2D eigenvalue weighted by molar-refractivity contribution is 5.99. The first-order valence-electron chi connectivity index (χ1n) is 9.89. The summed E-state index contributed by atoms with van der Waals surface area (Å²) < 4.78 is 10.9. The van der Waals surface area contributed by atoms with E-state index >= 15 is 0 Å². The molecule has 1 saturated heterocycles. The van der Waals surface area contributed by atoms with Crippen LogP contribution in [-0.4, -0.2) is 55.0 Å². The first kappa shape index (κ1) is 21.7. The van der Waals surface area contributed by atoms with Gasteiger partial charge in [-0.2, -0.15) is 0 Å². The summed E-state index contributed by atoms with van der Waals surface area (Å²) in [5.41, 5.74) is 0.431. The third kappa shape index (κ3) is 6.25. The first-order chi connectivity index (χ1) is 13.4. The van der Waals surface area contributed by atoms with Crippen molar-refractivity contribution < 1.29 is 23.9 Å². The van der Waals surface area contributed by atoms with Gasteiger partial charge in [0.1, 0.15) is 11.8 Å². The lowest BCUT2D eigenvalue weighted by molar-refractivity contribution is -0.147. The molecule has 1 N–H and O–H groups in total. The highest BCUT2D eigenvalue weighted by atomic mass is 16.5. The molecule has 2 rings (SSSR count). The fourth-order valence-corrected chi connectivity index (χ4v) is 2.86. The molecule has 1 atom stereocenters. The van der Waals surface area contributed by atoms with Gasteiger partial charge >= 0.3 is 5.97 Å². The Bertz CT molecular complexity index is 689. The number of ether oxygens (including phenoxy) is 2. The van der Waals surface area contributed by atoms with Crippen LogP contribution in [0.2, 0.25) is 0 Å². The highest BCUT2D eigenvalue weighted by Gasteiger charge is 2.35. The SMILES string of the molecule is CCCCOC(=O)CC1C(=O)NCCN1C(=O)c1cccc(OCC(C)C)c1. The van der Waals surface area contributed by atoms with Crippen LogP contribution in [0.4, 0.5) is 0 Å². The molecule has 7 nitrogen and oxygen atoms in total. The topological polar surface area (TPSA) is 84.9 Å². The van der Waals surface area contributed by atoms with Gasteiger partial charge in [0.05, 0.1) is 19.6 Å². The van der Waals surface area contributed by atoms with Gasteiger partial charge in [-0.05, 0) is 30.5 Å². The summed E-state index contributed by atoms with van der Waals surface area (Å²) in [7, 11) is 0. The Balaban J connectivity index is 2.09. The van der Waals surface area contributed by atoms with Crippen molar-refractivity contribution >= 4 is 17.8 Å². The fourth-order valence-electron chi connectivity index (χ4n) is 2.86. The van der Waals surface area contributed by atoms with Crippen LogP contribution in [0.1, 0.15) is 50.4 Å². The molecule has 0 saturated carbocycles. The van der Waals surface area contributed by atoms with Gasteiger partial charge in [-0.1, -0.05) is 33.3 Å². The van der Waals surface area contributed by atoms with Crippen molar-refractivity contribution in [2.75, 3.05) is 26.3 Å². The van der Waals surface area contributed by atoms with Gasteiger partial charge in [0.15, 0.2) is 0 Å². The van der Waals surface area contributed by atoms with E-state index in [0.717, 1.165) is 12.8 Å². The zero-order valence-corrected chi connectivity index (χ0v) is 16.9. The van der Waals surface area contributed by atoms with Crippen LogP contribution in [0.3, 0.4) is 0 Å². The van der Waals surface area contributed by atoms with Crippen molar-refractivity contribution in [3.05, 3.63) is 29.8 Å². The largest absolute Gasteiger partial charge is 0.493 e. The number of hydrogen-bond donors (Lipinski definition) is 1. The van der Waals surface area contributed by atoms with Crippen molar-refractivity contribution in [3.8, 4) is 5.75 Å². The fraction of sp³-hybridized carbons (Fsp3) is 0.571. The molecule has 154 valence electrons. The molecule has 0 spiro atoms. The van der Waals surface area contributed by atoms with Crippen LogP contribution in [0.5, 0.6) is 5.75 Å². The maximum absolute atomic E-state index is 13.0. The molecule has 0 aliphatic carbocycles. The number of esters is 1. The quantitative estimate of drug-likeness (QED) is 0.517. The number of benzene rings is 1. The maximum atomic E-state index is 13.0. The molecule has 1 aliphatic heterocycles. The van der Waals surface area contributed by atoms with E-state index in [2.05, 4.69) is 5.32 Å². The molecule has 0 radical (unpaired) electrons. The van der Waals surface area contributed by atoms with E-state index < -0.39 is 12.0 Å². The summed E-state index contributed by atoms with van der Waals surface area (Å²) in [6.07, 6.45) is 1.54. The number of unbranched alkanes of at least 4 members (excludes halogenated alkanes) is 1. The molecular formula is C21H30N2O5. The predicted molar refractivity (Wildman–Crippen MR) is 105 cm³/mol. The van der Waals surface area contributed by atoms with Crippen LogP contribution in [-0.2, 0) is 14.3 Å². The number of nitrogens with zero attached hydrogens (tertiary/aromatic N) is 1. The summed E-state index contributed by atoms with van der Waals surface area (Å²) in [6.45, 7) is 7.67. The molecule has 1 aromatic rings. The van der Waals surface area contributed by atoms with Crippen LogP contribution >= 0.6 is 0 Å². The normalized spacial score (nSPS) is 16.6. The molecule has 0 aromatic heterocycles. The van der Waals surface area contributed by atoms with Crippen LogP contribution in [0, 0.1) is 5.92 Å². The van der Waals surface area contributed by atoms with Gasteiger partial charge in [-0.15, -0.1) is 0 Å². The molecule has 1 aromatic carbocycles. The van der Waals surface area contributed by atoms with Crippen molar-refractivity contribution in [1.29, 1.82) is 0 Å². The molecule has 2 amide bonds. The van der Waals surface area contributed by atoms with Gasteiger partial charge in [0, 0.05) is 18.7 Å². The van der Waals surface area contributed by atoms with Gasteiger partial charge < -0.3 is 19.7 Å². The van der Waals surface area contributed by atoms with Crippen LogP contribution in [0.15, 0.2) is 24.3 Å². The van der Waals surface area contributed by atoms with E-state index in [1.54, 1.807) is 24.3 Å². The van der Waals surface area contributed by atoms with E-state index in [4.69, 9.17) is 9.47 Å². The smallest absolute Gasteiger partial charge is 0.308 e. The third-order valence-corrected chi connectivity index (χ3v) is 4.38. The monoisotopic (exact) mass is 390 g/mol. The Hall–Kier alpha value is -2.57. The molecular weight excluding hydrogens is 360 g/mol. The third-order valence-electron chi connectivity index (χ3n) is 4.38. The molecule has 1 aliphatic rings. The Morgan fingerprint density at radius 1 is 1.32 bits per heavy atom. The second kappa shape index (κ2) is 10.7. The van der Waals surface area contributed by atoms with Crippen molar-refractivity contribution in [2.24, 2.45) is 5.92 Å². The Kier molecular flexibility index (Phi) is 8.29. The Morgan fingerprint density at radius 2 is 2.11 bits per heavy atom. The second-order valence-electron chi connectivity index (χ2n) is 7.32. The number of carbonyl (C=O) groups excluding carboxylic acids is 3. The number of rotatable bonds is 9. The minimum absolute atomic E-state index is 0.148. The van der Waals surface area contributed by atoms with Gasteiger partial charge in [-0.25, -0.2) is 0 Å². The molecule has 1 unspecified atom stereocenters. The zero-order valence-electron chi connectivity index (χ0n) is 16.9. The van der Waals surface area contributed by atoms with E-state index in [1.807, 2.05) is 20.8 Å². The molecule has 7 heteroatoms. The number of amides is 2. The number of nitrogens with one attached hydrogen (secondary N) is 1. The number of piperazine rings is 1. The lowest BCUT2D eigenvalue weighted by Gasteiger charge is -2.34. The first-order valence-corrected chi connectivity index (χ1v) is 9.89. The average molecular weight is 390 g/mol. The Morgan fingerprint density at radius 3 is 2.82 bits per heavy atom. The maximum Gasteiger partial charge on any atom is 0.308 e. The van der Waals surface area contributed by atoms with Gasteiger partial charge in [0.2, 0.25) is 5.91 Å². The van der Waals surface area contributed by atoms with E-state index in [1.165, 1.54) is 4.90 Å². The van der Waals surface area contributed by atoms with E-state index in [-0.39, 0.29) is 18.2 Å². The van der Waals surface area contributed by atoms with E-state index in [9.17, 15) is 14.4 Å².